The van der Waals surface area contributed by atoms with Crippen LogP contribution in [0.15, 0.2) is 59.1 Å². The summed E-state index contributed by atoms with van der Waals surface area (Å²) in [7, 11) is 0. The lowest BCUT2D eigenvalue weighted by molar-refractivity contribution is -0.140. The number of benzene rings is 2. The second-order valence-electron chi connectivity index (χ2n) is 6.65. The number of hydrogen-bond acceptors (Lipinski definition) is 2. The van der Waals surface area contributed by atoms with E-state index in [2.05, 4.69) is 21.2 Å². The lowest BCUT2D eigenvalue weighted by atomic mass is 10.1. The molecule has 2 amide bonds. The highest BCUT2D eigenvalue weighted by atomic mass is 79.9. The van der Waals surface area contributed by atoms with Crippen LogP contribution >= 0.6 is 15.9 Å². The molecule has 2 aromatic carbocycles. The van der Waals surface area contributed by atoms with Gasteiger partial charge in [-0.25, -0.2) is 0 Å². The number of rotatable bonds is 7. The second-order valence-corrected chi connectivity index (χ2v) is 7.57. The third kappa shape index (κ3) is 5.99. The summed E-state index contributed by atoms with van der Waals surface area (Å²) in [5.41, 5.74) is 1.91. The van der Waals surface area contributed by atoms with E-state index >= 15 is 0 Å². The van der Waals surface area contributed by atoms with Crippen molar-refractivity contribution >= 4 is 27.7 Å². The van der Waals surface area contributed by atoms with Gasteiger partial charge in [0.25, 0.3) is 0 Å². The van der Waals surface area contributed by atoms with Gasteiger partial charge < -0.3 is 10.2 Å². The molecule has 4 nitrogen and oxygen atoms in total. The molecule has 5 heteroatoms. The van der Waals surface area contributed by atoms with E-state index in [1.54, 1.807) is 11.8 Å². The molecule has 0 radical (unpaired) electrons. The van der Waals surface area contributed by atoms with Crippen molar-refractivity contribution in [3.63, 3.8) is 0 Å². The minimum absolute atomic E-state index is 0.0295. The maximum absolute atomic E-state index is 13.0. The monoisotopic (exact) mass is 416 g/mol. The summed E-state index contributed by atoms with van der Waals surface area (Å²) >= 11 is 3.46. The summed E-state index contributed by atoms with van der Waals surface area (Å²) in [5.74, 6) is -0.209. The van der Waals surface area contributed by atoms with Gasteiger partial charge in [-0.3, -0.25) is 9.59 Å². The molecular weight excluding hydrogens is 392 g/mol. The van der Waals surface area contributed by atoms with Gasteiger partial charge in [-0.1, -0.05) is 58.4 Å². The van der Waals surface area contributed by atoms with Crippen LogP contribution in [0.4, 0.5) is 0 Å². The molecule has 0 aliphatic carbocycles. The zero-order chi connectivity index (χ0) is 19.1. The molecule has 1 atom stereocenters. The van der Waals surface area contributed by atoms with Gasteiger partial charge in [0, 0.05) is 17.1 Å². The van der Waals surface area contributed by atoms with Gasteiger partial charge in [0.15, 0.2) is 0 Å². The first kappa shape index (κ1) is 20.2. The molecule has 0 spiro atoms. The van der Waals surface area contributed by atoms with Crippen molar-refractivity contribution in [2.45, 2.75) is 45.8 Å². The number of halogens is 1. The minimum atomic E-state index is -0.549. The Labute approximate surface area is 163 Å². The van der Waals surface area contributed by atoms with Crippen LogP contribution in [-0.2, 0) is 22.6 Å². The van der Waals surface area contributed by atoms with Gasteiger partial charge in [0.05, 0.1) is 6.42 Å². The SMILES string of the molecule is CC(C)NC(=O)[C@@H](C)N(Cc1cccc(Br)c1)C(=O)Cc1ccccc1. The summed E-state index contributed by atoms with van der Waals surface area (Å²) in [6, 6.07) is 16.9. The van der Waals surface area contributed by atoms with E-state index < -0.39 is 6.04 Å². The van der Waals surface area contributed by atoms with Crippen molar-refractivity contribution in [1.82, 2.24) is 10.2 Å². The van der Waals surface area contributed by atoms with E-state index in [1.165, 1.54) is 0 Å². The molecule has 0 fully saturated rings. The highest BCUT2D eigenvalue weighted by Gasteiger charge is 2.26. The van der Waals surface area contributed by atoms with Crippen molar-refractivity contribution in [1.29, 1.82) is 0 Å². The molecule has 1 N–H and O–H groups in total. The zero-order valence-corrected chi connectivity index (χ0v) is 17.0. The fraction of sp³-hybridized carbons (Fsp3) is 0.333. The molecule has 0 heterocycles. The standard InChI is InChI=1S/C21H25BrN2O2/c1-15(2)23-21(26)16(3)24(14-18-10-7-11-19(22)12-18)20(25)13-17-8-5-4-6-9-17/h4-12,15-16H,13-14H2,1-3H3,(H,23,26)/t16-/m1/s1. The van der Waals surface area contributed by atoms with Crippen LogP contribution in [0.25, 0.3) is 0 Å². The molecule has 2 aromatic rings. The van der Waals surface area contributed by atoms with E-state index in [4.69, 9.17) is 0 Å². The normalized spacial score (nSPS) is 11.9. The fourth-order valence-corrected chi connectivity index (χ4v) is 3.14. The number of hydrogen-bond donors (Lipinski definition) is 1. The van der Waals surface area contributed by atoms with Crippen molar-refractivity contribution in [3.8, 4) is 0 Å². The highest BCUT2D eigenvalue weighted by Crippen LogP contribution is 2.16. The Morgan fingerprint density at radius 1 is 1.00 bits per heavy atom. The average Bonchev–Trinajstić information content (AvgIpc) is 2.59. The topological polar surface area (TPSA) is 49.4 Å². The minimum Gasteiger partial charge on any atom is -0.352 e. The second kappa shape index (κ2) is 9.53. The Bertz CT molecular complexity index is 747. The summed E-state index contributed by atoms with van der Waals surface area (Å²) in [5, 5.41) is 2.90. The van der Waals surface area contributed by atoms with Crippen molar-refractivity contribution < 1.29 is 9.59 Å². The Morgan fingerprint density at radius 2 is 1.65 bits per heavy atom. The van der Waals surface area contributed by atoms with E-state index in [0.717, 1.165) is 15.6 Å². The maximum atomic E-state index is 13.0. The Balaban J connectivity index is 2.22. The summed E-state index contributed by atoms with van der Waals surface area (Å²) in [4.78, 5) is 27.1. The first-order valence-electron chi connectivity index (χ1n) is 8.75. The summed E-state index contributed by atoms with van der Waals surface area (Å²) in [6.07, 6.45) is 0.272. The largest absolute Gasteiger partial charge is 0.352 e. The van der Waals surface area contributed by atoms with Crippen molar-refractivity contribution in [3.05, 3.63) is 70.2 Å². The van der Waals surface area contributed by atoms with Crippen LogP contribution in [0, 0.1) is 0 Å². The van der Waals surface area contributed by atoms with E-state index in [1.807, 2.05) is 68.4 Å². The molecular formula is C21H25BrN2O2. The molecule has 26 heavy (non-hydrogen) atoms. The molecule has 0 saturated heterocycles. The van der Waals surface area contributed by atoms with Gasteiger partial charge in [-0.05, 0) is 44.0 Å². The third-order valence-corrected chi connectivity index (χ3v) is 4.53. The molecule has 0 bridgehead atoms. The van der Waals surface area contributed by atoms with Gasteiger partial charge in [-0.15, -0.1) is 0 Å². The summed E-state index contributed by atoms with van der Waals surface area (Å²) in [6.45, 7) is 5.99. The van der Waals surface area contributed by atoms with Crippen LogP contribution in [0.3, 0.4) is 0 Å². The van der Waals surface area contributed by atoms with Crippen LogP contribution < -0.4 is 5.32 Å². The van der Waals surface area contributed by atoms with Crippen LogP contribution in [0.5, 0.6) is 0 Å². The molecule has 138 valence electrons. The number of carbonyl (C=O) groups excluding carboxylic acids is 2. The van der Waals surface area contributed by atoms with Crippen molar-refractivity contribution in [2.75, 3.05) is 0 Å². The van der Waals surface area contributed by atoms with Gasteiger partial charge in [0.2, 0.25) is 11.8 Å². The van der Waals surface area contributed by atoms with Gasteiger partial charge in [-0.2, -0.15) is 0 Å². The quantitative estimate of drug-likeness (QED) is 0.742. The van der Waals surface area contributed by atoms with E-state index in [-0.39, 0.29) is 24.3 Å². The van der Waals surface area contributed by atoms with E-state index in [9.17, 15) is 9.59 Å². The van der Waals surface area contributed by atoms with Crippen LogP contribution in [-0.4, -0.2) is 28.8 Å². The first-order chi connectivity index (χ1) is 12.4. The Morgan fingerprint density at radius 3 is 2.27 bits per heavy atom. The zero-order valence-electron chi connectivity index (χ0n) is 15.4. The molecule has 0 aromatic heterocycles. The molecule has 0 aliphatic rings. The highest BCUT2D eigenvalue weighted by molar-refractivity contribution is 9.10. The Hall–Kier alpha value is -2.14. The fourth-order valence-electron chi connectivity index (χ4n) is 2.69. The maximum Gasteiger partial charge on any atom is 0.242 e. The van der Waals surface area contributed by atoms with Gasteiger partial charge in [0.1, 0.15) is 6.04 Å². The number of nitrogens with one attached hydrogen (secondary N) is 1. The number of carbonyl (C=O) groups is 2. The van der Waals surface area contributed by atoms with Crippen LogP contribution in [0.2, 0.25) is 0 Å². The average molecular weight is 417 g/mol. The summed E-state index contributed by atoms with van der Waals surface area (Å²) < 4.78 is 0.949. The number of amides is 2. The molecule has 0 saturated carbocycles. The lowest BCUT2D eigenvalue weighted by Crippen LogP contribution is -2.49. The van der Waals surface area contributed by atoms with E-state index in [0.29, 0.717) is 6.54 Å². The van der Waals surface area contributed by atoms with Crippen LogP contribution in [0.1, 0.15) is 31.9 Å². The smallest absolute Gasteiger partial charge is 0.242 e. The van der Waals surface area contributed by atoms with Crippen molar-refractivity contribution in [2.24, 2.45) is 0 Å². The molecule has 2 rings (SSSR count). The lowest BCUT2D eigenvalue weighted by Gasteiger charge is -2.29. The first-order valence-corrected chi connectivity index (χ1v) is 9.54. The Kier molecular flexibility index (Phi) is 7.39. The predicted octanol–water partition coefficient (Wildman–Crippen LogP) is 3.93. The number of nitrogens with zero attached hydrogens (tertiary/aromatic N) is 1. The molecule has 0 aliphatic heterocycles. The molecule has 0 unspecified atom stereocenters. The predicted molar refractivity (Wildman–Crippen MR) is 108 cm³/mol. The third-order valence-electron chi connectivity index (χ3n) is 4.04. The van der Waals surface area contributed by atoms with Gasteiger partial charge >= 0.3 is 0 Å².